The molecule has 0 bridgehead atoms. The minimum Gasteiger partial charge on any atom is -0.493 e. The van der Waals surface area contributed by atoms with Gasteiger partial charge < -0.3 is 15.2 Å². The fraction of sp³-hybridized carbons (Fsp3) is 0.294. The molecule has 2 aromatic rings. The molecule has 3 nitrogen and oxygen atoms in total. The molecule has 0 amide bonds. The third-order valence-corrected chi connectivity index (χ3v) is 3.45. The van der Waals surface area contributed by atoms with Gasteiger partial charge in [0.25, 0.3) is 0 Å². The molecule has 0 aliphatic carbocycles. The van der Waals surface area contributed by atoms with Crippen LogP contribution < -0.4 is 15.2 Å². The zero-order valence-corrected chi connectivity index (χ0v) is 13.1. The SMILES string of the molecule is COc1cc(Cl)cc(CCN)c1OCc1ccc(C)cc1. The van der Waals surface area contributed by atoms with Crippen LogP contribution >= 0.6 is 11.6 Å². The Kier molecular flexibility index (Phi) is 5.48. The van der Waals surface area contributed by atoms with Crippen molar-refractivity contribution in [3.8, 4) is 11.5 Å². The zero-order chi connectivity index (χ0) is 15.2. The van der Waals surface area contributed by atoms with Crippen molar-refractivity contribution in [1.29, 1.82) is 0 Å². The molecule has 0 spiro atoms. The average molecular weight is 306 g/mol. The quantitative estimate of drug-likeness (QED) is 0.884. The summed E-state index contributed by atoms with van der Waals surface area (Å²) in [4.78, 5) is 0. The number of nitrogens with two attached hydrogens (primary N) is 1. The summed E-state index contributed by atoms with van der Waals surface area (Å²) in [5.41, 5.74) is 8.96. The van der Waals surface area contributed by atoms with Gasteiger partial charge in [-0.15, -0.1) is 0 Å². The van der Waals surface area contributed by atoms with Crippen molar-refractivity contribution in [1.82, 2.24) is 0 Å². The highest BCUT2D eigenvalue weighted by Gasteiger charge is 2.12. The molecule has 0 radical (unpaired) electrons. The second-order valence-electron chi connectivity index (χ2n) is 4.91. The van der Waals surface area contributed by atoms with Crippen molar-refractivity contribution in [3.05, 3.63) is 58.1 Å². The van der Waals surface area contributed by atoms with Crippen LogP contribution in [0.15, 0.2) is 36.4 Å². The second kappa shape index (κ2) is 7.34. The predicted molar refractivity (Wildman–Crippen MR) is 86.3 cm³/mol. The first-order chi connectivity index (χ1) is 10.1. The van der Waals surface area contributed by atoms with Crippen LogP contribution in [0.5, 0.6) is 11.5 Å². The molecule has 4 heteroatoms. The predicted octanol–water partition coefficient (Wildman–Crippen LogP) is 3.74. The summed E-state index contributed by atoms with van der Waals surface area (Å²) in [6, 6.07) is 11.9. The summed E-state index contributed by atoms with van der Waals surface area (Å²) in [5, 5.41) is 0.623. The first-order valence-electron chi connectivity index (χ1n) is 6.89. The van der Waals surface area contributed by atoms with E-state index in [-0.39, 0.29) is 0 Å². The highest BCUT2D eigenvalue weighted by molar-refractivity contribution is 6.30. The number of methoxy groups -OCH3 is 1. The van der Waals surface area contributed by atoms with Crippen LogP contribution in [-0.4, -0.2) is 13.7 Å². The fourth-order valence-electron chi connectivity index (χ4n) is 2.12. The minimum absolute atomic E-state index is 0.482. The van der Waals surface area contributed by atoms with Gasteiger partial charge in [0.15, 0.2) is 11.5 Å². The van der Waals surface area contributed by atoms with Gasteiger partial charge in [-0.25, -0.2) is 0 Å². The van der Waals surface area contributed by atoms with Crippen molar-refractivity contribution in [3.63, 3.8) is 0 Å². The van der Waals surface area contributed by atoms with Crippen molar-refractivity contribution in [2.24, 2.45) is 5.73 Å². The highest BCUT2D eigenvalue weighted by Crippen LogP contribution is 2.35. The van der Waals surface area contributed by atoms with Crippen LogP contribution in [0.2, 0.25) is 5.02 Å². The summed E-state index contributed by atoms with van der Waals surface area (Å²) >= 11 is 6.09. The summed E-state index contributed by atoms with van der Waals surface area (Å²) in [7, 11) is 1.61. The third kappa shape index (κ3) is 4.13. The van der Waals surface area contributed by atoms with E-state index in [1.54, 1.807) is 13.2 Å². The number of halogens is 1. The summed E-state index contributed by atoms with van der Waals surface area (Å²) in [5.74, 6) is 1.35. The van der Waals surface area contributed by atoms with E-state index < -0.39 is 0 Å². The lowest BCUT2D eigenvalue weighted by Crippen LogP contribution is -2.07. The van der Waals surface area contributed by atoms with Crippen LogP contribution in [0.1, 0.15) is 16.7 Å². The van der Waals surface area contributed by atoms with Gasteiger partial charge in [0.1, 0.15) is 6.61 Å². The lowest BCUT2D eigenvalue weighted by atomic mass is 10.1. The molecule has 2 N–H and O–H groups in total. The Labute approximate surface area is 130 Å². The van der Waals surface area contributed by atoms with Gasteiger partial charge in [-0.1, -0.05) is 41.4 Å². The molecular weight excluding hydrogens is 286 g/mol. The molecule has 0 saturated carbocycles. The van der Waals surface area contributed by atoms with Crippen LogP contribution in [-0.2, 0) is 13.0 Å². The Hall–Kier alpha value is -1.71. The number of aryl methyl sites for hydroxylation is 1. The Morgan fingerprint density at radius 1 is 1.14 bits per heavy atom. The van der Waals surface area contributed by atoms with E-state index in [1.165, 1.54) is 5.56 Å². The van der Waals surface area contributed by atoms with Gasteiger partial charge in [0.2, 0.25) is 0 Å². The average Bonchev–Trinajstić information content (AvgIpc) is 2.47. The van der Waals surface area contributed by atoms with Gasteiger partial charge in [-0.3, -0.25) is 0 Å². The Bertz CT molecular complexity index is 596. The number of rotatable bonds is 6. The minimum atomic E-state index is 0.482. The first-order valence-corrected chi connectivity index (χ1v) is 7.26. The maximum Gasteiger partial charge on any atom is 0.164 e. The van der Waals surface area contributed by atoms with Gasteiger partial charge >= 0.3 is 0 Å². The summed E-state index contributed by atoms with van der Waals surface area (Å²) < 4.78 is 11.3. The van der Waals surface area contributed by atoms with Gasteiger partial charge in [-0.2, -0.15) is 0 Å². The van der Waals surface area contributed by atoms with Crippen LogP contribution in [0, 0.1) is 6.92 Å². The lowest BCUT2D eigenvalue weighted by Gasteiger charge is -2.15. The van der Waals surface area contributed by atoms with E-state index in [9.17, 15) is 0 Å². The molecule has 0 saturated heterocycles. The lowest BCUT2D eigenvalue weighted by molar-refractivity contribution is 0.281. The van der Waals surface area contributed by atoms with E-state index in [0.29, 0.717) is 36.1 Å². The third-order valence-electron chi connectivity index (χ3n) is 3.23. The molecule has 0 fully saturated rings. The van der Waals surface area contributed by atoms with Gasteiger partial charge in [0, 0.05) is 16.7 Å². The van der Waals surface area contributed by atoms with Gasteiger partial charge in [-0.05, 0) is 31.5 Å². The summed E-state index contributed by atoms with van der Waals surface area (Å²) in [6.45, 7) is 3.08. The second-order valence-corrected chi connectivity index (χ2v) is 5.35. The van der Waals surface area contributed by atoms with Crippen LogP contribution in [0.4, 0.5) is 0 Å². The Morgan fingerprint density at radius 2 is 1.86 bits per heavy atom. The molecule has 0 aliphatic rings. The molecule has 0 aliphatic heterocycles. The monoisotopic (exact) mass is 305 g/mol. The smallest absolute Gasteiger partial charge is 0.164 e. The van der Waals surface area contributed by atoms with E-state index in [0.717, 1.165) is 11.1 Å². The zero-order valence-electron chi connectivity index (χ0n) is 12.4. The Balaban J connectivity index is 2.22. The number of benzene rings is 2. The number of ether oxygens (including phenoxy) is 2. The van der Waals surface area contributed by atoms with E-state index >= 15 is 0 Å². The molecule has 0 atom stereocenters. The molecule has 0 unspecified atom stereocenters. The Morgan fingerprint density at radius 3 is 2.48 bits per heavy atom. The molecule has 2 aromatic carbocycles. The van der Waals surface area contributed by atoms with E-state index in [4.69, 9.17) is 26.8 Å². The van der Waals surface area contributed by atoms with Crippen molar-refractivity contribution >= 4 is 11.6 Å². The van der Waals surface area contributed by atoms with E-state index in [2.05, 4.69) is 31.2 Å². The van der Waals surface area contributed by atoms with Crippen molar-refractivity contribution < 1.29 is 9.47 Å². The molecule has 112 valence electrons. The normalized spacial score (nSPS) is 10.5. The summed E-state index contributed by atoms with van der Waals surface area (Å²) in [6.07, 6.45) is 0.695. The molecular formula is C17H20ClNO2. The number of hydrogen-bond acceptors (Lipinski definition) is 3. The fourth-order valence-corrected chi connectivity index (χ4v) is 2.35. The largest absolute Gasteiger partial charge is 0.493 e. The number of hydrogen-bond donors (Lipinski definition) is 1. The standard InChI is InChI=1S/C17H20ClNO2/c1-12-3-5-13(6-4-12)11-21-17-14(7-8-19)9-15(18)10-16(17)20-2/h3-6,9-10H,7-8,11,19H2,1-2H3. The van der Waals surface area contributed by atoms with Crippen molar-refractivity contribution in [2.45, 2.75) is 20.0 Å². The maximum atomic E-state index is 6.09. The highest BCUT2D eigenvalue weighted by atomic mass is 35.5. The van der Waals surface area contributed by atoms with Gasteiger partial charge in [0.05, 0.1) is 7.11 Å². The molecule has 21 heavy (non-hydrogen) atoms. The maximum absolute atomic E-state index is 6.09. The molecule has 0 heterocycles. The van der Waals surface area contributed by atoms with E-state index in [1.807, 2.05) is 6.07 Å². The molecule has 2 rings (SSSR count). The topological polar surface area (TPSA) is 44.5 Å². The van der Waals surface area contributed by atoms with Crippen LogP contribution in [0.3, 0.4) is 0 Å². The molecule has 0 aromatic heterocycles. The van der Waals surface area contributed by atoms with Crippen LogP contribution in [0.25, 0.3) is 0 Å². The first kappa shape index (κ1) is 15.7. The van der Waals surface area contributed by atoms with Crippen molar-refractivity contribution in [2.75, 3.05) is 13.7 Å².